The number of carboxylic acid groups (broad SMARTS) is 1. The molecule has 0 aliphatic carbocycles. The van der Waals surface area contributed by atoms with Gasteiger partial charge in [-0.05, 0) is 6.42 Å². The molecule has 0 saturated carbocycles. The smallest absolute Gasteiger partial charge is 0.308 e. The molecule has 12 heavy (non-hydrogen) atoms. The van der Waals surface area contributed by atoms with Gasteiger partial charge in [-0.3, -0.25) is 4.79 Å². The molecule has 0 aliphatic rings. The normalized spacial score (nSPS) is 11.6. The predicted octanol–water partition coefficient (Wildman–Crippen LogP) is 0.722. The van der Waals surface area contributed by atoms with Crippen LogP contribution in [0.3, 0.4) is 0 Å². The Morgan fingerprint density at radius 2 is 1.92 bits per heavy atom. The van der Waals surface area contributed by atoms with Crippen LogP contribution in [0.4, 0.5) is 0 Å². The minimum absolute atomic E-state index is 0.132. The maximum absolute atomic E-state index is 10.1. The molecule has 0 spiro atoms. The summed E-state index contributed by atoms with van der Waals surface area (Å²) in [4.78, 5) is 10.1. The van der Waals surface area contributed by atoms with E-state index in [0.29, 0.717) is 6.42 Å². The summed E-state index contributed by atoms with van der Waals surface area (Å²) >= 11 is 0. The molecule has 0 amide bonds. The van der Waals surface area contributed by atoms with Crippen molar-refractivity contribution in [3.05, 3.63) is 0 Å². The molecule has 0 aromatic carbocycles. The summed E-state index contributed by atoms with van der Waals surface area (Å²) in [5.74, 6) is -3.21. The number of rotatable bonds is 6. The highest BCUT2D eigenvalue weighted by molar-refractivity contribution is 5.67. The Morgan fingerprint density at radius 3 is 2.33 bits per heavy atom. The van der Waals surface area contributed by atoms with Crippen molar-refractivity contribution in [2.45, 2.75) is 44.8 Å². The van der Waals surface area contributed by atoms with Crippen molar-refractivity contribution in [2.75, 3.05) is 0 Å². The molecule has 0 aromatic rings. The second-order valence-electron chi connectivity index (χ2n) is 3.01. The Bertz CT molecular complexity index is 142. The monoisotopic (exact) mass is 176 g/mol. The van der Waals surface area contributed by atoms with Crippen LogP contribution < -0.4 is 0 Å². The van der Waals surface area contributed by atoms with Gasteiger partial charge >= 0.3 is 5.97 Å². The third kappa shape index (κ3) is 6.12. The second kappa shape index (κ2) is 5.11. The van der Waals surface area contributed by atoms with Crippen molar-refractivity contribution in [3.8, 4) is 0 Å². The molecule has 0 radical (unpaired) electrons. The van der Waals surface area contributed by atoms with E-state index in [1.165, 1.54) is 0 Å². The Morgan fingerprint density at radius 1 is 1.33 bits per heavy atom. The zero-order chi connectivity index (χ0) is 9.61. The first-order chi connectivity index (χ1) is 5.48. The second-order valence-corrected chi connectivity index (χ2v) is 3.01. The van der Waals surface area contributed by atoms with E-state index in [4.69, 9.17) is 15.3 Å². The summed E-state index contributed by atoms with van der Waals surface area (Å²) < 4.78 is 0. The molecule has 4 nitrogen and oxygen atoms in total. The number of hydrogen-bond acceptors (Lipinski definition) is 3. The number of carbonyl (C=O) groups is 1. The van der Waals surface area contributed by atoms with Crippen LogP contribution in [-0.2, 0) is 4.79 Å². The molecule has 3 N–H and O–H groups in total. The van der Waals surface area contributed by atoms with Gasteiger partial charge in [-0.1, -0.05) is 19.8 Å². The SMILES string of the molecule is CCCCCC(O)(O)CC(=O)O. The van der Waals surface area contributed by atoms with Crippen molar-refractivity contribution >= 4 is 5.97 Å². The number of unbranched alkanes of at least 4 members (excludes halogenated alkanes) is 2. The Hall–Kier alpha value is -0.610. The van der Waals surface area contributed by atoms with Crippen molar-refractivity contribution in [1.82, 2.24) is 0 Å². The maximum atomic E-state index is 10.1. The standard InChI is InChI=1S/C8H16O4/c1-2-3-4-5-8(11,12)6-7(9)10/h11-12H,2-6H2,1H3,(H,9,10). The van der Waals surface area contributed by atoms with Crippen molar-refractivity contribution in [1.29, 1.82) is 0 Å². The van der Waals surface area contributed by atoms with Gasteiger partial charge in [0.15, 0.2) is 5.79 Å². The molecule has 4 heteroatoms. The largest absolute Gasteiger partial charge is 0.481 e. The lowest BCUT2D eigenvalue weighted by Crippen LogP contribution is -2.31. The van der Waals surface area contributed by atoms with Crippen LogP contribution in [-0.4, -0.2) is 27.1 Å². The maximum Gasteiger partial charge on any atom is 0.308 e. The Labute approximate surface area is 71.8 Å². The van der Waals surface area contributed by atoms with E-state index in [2.05, 4.69) is 0 Å². The summed E-state index contributed by atoms with van der Waals surface area (Å²) in [6.45, 7) is 1.99. The van der Waals surface area contributed by atoms with E-state index < -0.39 is 18.2 Å². The zero-order valence-electron chi connectivity index (χ0n) is 7.29. The van der Waals surface area contributed by atoms with Gasteiger partial charge < -0.3 is 15.3 Å². The first-order valence-electron chi connectivity index (χ1n) is 4.14. The van der Waals surface area contributed by atoms with Crippen LogP contribution in [0.5, 0.6) is 0 Å². The molecule has 0 fully saturated rings. The molecule has 0 unspecified atom stereocenters. The van der Waals surface area contributed by atoms with Gasteiger partial charge in [0.1, 0.15) is 0 Å². The molecule has 0 rings (SSSR count). The minimum atomic E-state index is -2.03. The van der Waals surface area contributed by atoms with E-state index in [1.807, 2.05) is 6.92 Å². The fraction of sp³-hybridized carbons (Fsp3) is 0.875. The molecule has 0 aliphatic heterocycles. The molecular weight excluding hydrogens is 160 g/mol. The quantitative estimate of drug-likeness (QED) is 0.411. The Kier molecular flexibility index (Phi) is 4.85. The highest BCUT2D eigenvalue weighted by Crippen LogP contribution is 2.15. The summed E-state index contributed by atoms with van der Waals surface area (Å²) in [6, 6.07) is 0. The van der Waals surface area contributed by atoms with E-state index in [0.717, 1.165) is 12.8 Å². The van der Waals surface area contributed by atoms with Crippen molar-refractivity contribution < 1.29 is 20.1 Å². The van der Waals surface area contributed by atoms with Crippen LogP contribution in [0.25, 0.3) is 0 Å². The molecule has 72 valence electrons. The average molecular weight is 176 g/mol. The summed E-state index contributed by atoms with van der Waals surface area (Å²) in [5.41, 5.74) is 0. The highest BCUT2D eigenvalue weighted by Gasteiger charge is 2.25. The number of hydrogen-bond donors (Lipinski definition) is 3. The lowest BCUT2D eigenvalue weighted by Gasteiger charge is -2.18. The van der Waals surface area contributed by atoms with E-state index in [-0.39, 0.29) is 6.42 Å². The zero-order valence-corrected chi connectivity index (χ0v) is 7.29. The minimum Gasteiger partial charge on any atom is -0.481 e. The lowest BCUT2D eigenvalue weighted by molar-refractivity contribution is -0.184. The van der Waals surface area contributed by atoms with E-state index >= 15 is 0 Å². The van der Waals surface area contributed by atoms with E-state index in [9.17, 15) is 4.79 Å². The van der Waals surface area contributed by atoms with E-state index in [1.54, 1.807) is 0 Å². The molecule has 0 bridgehead atoms. The third-order valence-electron chi connectivity index (χ3n) is 1.62. The van der Waals surface area contributed by atoms with Crippen LogP contribution in [0.15, 0.2) is 0 Å². The molecular formula is C8H16O4. The summed E-state index contributed by atoms with van der Waals surface area (Å²) in [6.07, 6.45) is 2.05. The van der Waals surface area contributed by atoms with Gasteiger partial charge in [0.25, 0.3) is 0 Å². The Balaban J connectivity index is 3.63. The summed E-state index contributed by atoms with van der Waals surface area (Å²) in [5, 5.41) is 26.5. The average Bonchev–Trinajstić information content (AvgIpc) is 1.84. The number of aliphatic hydroxyl groups is 2. The molecule has 0 saturated heterocycles. The van der Waals surface area contributed by atoms with Crippen molar-refractivity contribution in [3.63, 3.8) is 0 Å². The van der Waals surface area contributed by atoms with Crippen LogP contribution in [0.2, 0.25) is 0 Å². The van der Waals surface area contributed by atoms with Gasteiger partial charge in [0.2, 0.25) is 0 Å². The van der Waals surface area contributed by atoms with Crippen LogP contribution >= 0.6 is 0 Å². The molecule has 0 atom stereocenters. The third-order valence-corrected chi connectivity index (χ3v) is 1.62. The van der Waals surface area contributed by atoms with Crippen LogP contribution in [0.1, 0.15) is 39.0 Å². The fourth-order valence-corrected chi connectivity index (χ4v) is 0.989. The lowest BCUT2D eigenvalue weighted by atomic mass is 10.1. The number of carboxylic acids is 1. The predicted molar refractivity (Wildman–Crippen MR) is 43.6 cm³/mol. The van der Waals surface area contributed by atoms with Gasteiger partial charge in [-0.25, -0.2) is 0 Å². The number of aliphatic carboxylic acids is 1. The highest BCUT2D eigenvalue weighted by atomic mass is 16.5. The molecule has 0 aromatic heterocycles. The molecule has 0 heterocycles. The summed E-state index contributed by atoms with van der Waals surface area (Å²) in [7, 11) is 0. The first kappa shape index (κ1) is 11.4. The van der Waals surface area contributed by atoms with Crippen molar-refractivity contribution in [2.24, 2.45) is 0 Å². The fourth-order valence-electron chi connectivity index (χ4n) is 0.989. The van der Waals surface area contributed by atoms with Crippen LogP contribution in [0, 0.1) is 0 Å². The van der Waals surface area contributed by atoms with Gasteiger partial charge in [0.05, 0.1) is 6.42 Å². The van der Waals surface area contributed by atoms with Gasteiger partial charge in [-0.2, -0.15) is 0 Å². The van der Waals surface area contributed by atoms with Gasteiger partial charge in [0, 0.05) is 6.42 Å². The first-order valence-corrected chi connectivity index (χ1v) is 4.14. The topological polar surface area (TPSA) is 77.8 Å². The van der Waals surface area contributed by atoms with Gasteiger partial charge in [-0.15, -0.1) is 0 Å².